The number of carbonyl (C=O) groups is 2. The van der Waals surface area contributed by atoms with Gasteiger partial charge in [-0.05, 0) is 29.4 Å². The predicted octanol–water partition coefficient (Wildman–Crippen LogP) is 1.67. The number of nitrogens with one attached hydrogen (secondary N) is 2. The van der Waals surface area contributed by atoms with Crippen LogP contribution in [-0.4, -0.2) is 32.2 Å². The number of aromatic nitrogens is 3. The third-order valence-corrected chi connectivity index (χ3v) is 5.22. The zero-order valence-corrected chi connectivity index (χ0v) is 14.8. The second kappa shape index (κ2) is 6.99. The Balaban J connectivity index is 1.95. The maximum absolute atomic E-state index is 11.6. The standard InChI is InChI=1S/C14H15N7O2S2/c1-2-6(11(15)22)18-8-5-17-9(12(16)23)13(19-8)20-14-10-7(21-25-14)3-4-24-10/h3-6H,2H2,1H3,(H2,15,22)(H2,16,23)(H2,18,19,20)/t6-/m1/s1. The summed E-state index contributed by atoms with van der Waals surface area (Å²) in [6.07, 6.45) is 1.83. The van der Waals surface area contributed by atoms with E-state index in [-0.39, 0.29) is 11.5 Å². The maximum Gasteiger partial charge on any atom is 0.271 e. The van der Waals surface area contributed by atoms with Crippen LogP contribution >= 0.6 is 22.9 Å². The van der Waals surface area contributed by atoms with Crippen LogP contribution in [0, 0.1) is 0 Å². The molecule has 0 aliphatic carbocycles. The van der Waals surface area contributed by atoms with Crippen LogP contribution in [0.25, 0.3) is 10.2 Å². The molecule has 0 unspecified atom stereocenters. The number of hydrogen-bond donors (Lipinski definition) is 4. The predicted molar refractivity (Wildman–Crippen MR) is 98.2 cm³/mol. The van der Waals surface area contributed by atoms with E-state index in [1.807, 2.05) is 18.4 Å². The van der Waals surface area contributed by atoms with Crippen molar-refractivity contribution >= 4 is 61.5 Å². The van der Waals surface area contributed by atoms with Gasteiger partial charge in [-0.15, -0.1) is 11.3 Å². The van der Waals surface area contributed by atoms with Crippen LogP contribution in [0.4, 0.5) is 16.6 Å². The molecule has 0 saturated heterocycles. The number of fused-ring (bicyclic) bond motifs is 1. The van der Waals surface area contributed by atoms with Gasteiger partial charge in [-0.1, -0.05) is 6.92 Å². The molecule has 11 heteroatoms. The lowest BCUT2D eigenvalue weighted by atomic mass is 10.2. The quantitative estimate of drug-likeness (QED) is 0.489. The Kier molecular flexibility index (Phi) is 4.76. The summed E-state index contributed by atoms with van der Waals surface area (Å²) < 4.78 is 5.25. The molecule has 6 N–H and O–H groups in total. The van der Waals surface area contributed by atoms with Crippen molar-refractivity contribution in [2.75, 3.05) is 10.6 Å². The van der Waals surface area contributed by atoms with Gasteiger partial charge >= 0.3 is 0 Å². The number of nitrogens with zero attached hydrogens (tertiary/aromatic N) is 3. The summed E-state index contributed by atoms with van der Waals surface area (Å²) in [5.74, 6) is -0.711. The van der Waals surface area contributed by atoms with E-state index in [9.17, 15) is 9.59 Å². The van der Waals surface area contributed by atoms with Crippen molar-refractivity contribution in [2.45, 2.75) is 19.4 Å². The Hall–Kier alpha value is -2.79. The molecule has 0 bridgehead atoms. The third kappa shape index (κ3) is 3.51. The van der Waals surface area contributed by atoms with E-state index in [0.717, 1.165) is 15.2 Å². The van der Waals surface area contributed by atoms with Crippen molar-refractivity contribution in [1.82, 2.24) is 14.3 Å². The van der Waals surface area contributed by atoms with E-state index < -0.39 is 17.9 Å². The van der Waals surface area contributed by atoms with Gasteiger partial charge in [0.25, 0.3) is 5.91 Å². The molecule has 9 nitrogen and oxygen atoms in total. The number of amides is 2. The minimum absolute atomic E-state index is 0.00391. The molecule has 1 atom stereocenters. The minimum Gasteiger partial charge on any atom is -0.368 e. The fourth-order valence-corrected chi connectivity index (χ4v) is 3.86. The van der Waals surface area contributed by atoms with E-state index >= 15 is 0 Å². The molecular formula is C14H15N7O2S2. The minimum atomic E-state index is -0.713. The second-order valence-electron chi connectivity index (χ2n) is 5.10. The normalized spacial score (nSPS) is 12.0. The second-order valence-corrected chi connectivity index (χ2v) is 6.79. The molecule has 0 fully saturated rings. The lowest BCUT2D eigenvalue weighted by molar-refractivity contribution is -0.118. The highest BCUT2D eigenvalue weighted by molar-refractivity contribution is 7.23. The lowest BCUT2D eigenvalue weighted by Gasteiger charge is -2.15. The number of carbonyl (C=O) groups excluding carboxylic acids is 2. The van der Waals surface area contributed by atoms with Crippen LogP contribution in [0.5, 0.6) is 0 Å². The smallest absolute Gasteiger partial charge is 0.271 e. The van der Waals surface area contributed by atoms with E-state index in [1.165, 1.54) is 29.1 Å². The Morgan fingerprint density at radius 1 is 1.36 bits per heavy atom. The zero-order valence-electron chi connectivity index (χ0n) is 13.1. The number of primary amides is 2. The SMILES string of the molecule is CC[C@@H](Nc1cnc(C(N)=O)c(Nc2snc3ccsc23)n1)C(N)=O. The van der Waals surface area contributed by atoms with Crippen LogP contribution in [0.1, 0.15) is 23.8 Å². The molecular weight excluding hydrogens is 362 g/mol. The van der Waals surface area contributed by atoms with Gasteiger partial charge < -0.3 is 22.1 Å². The molecule has 130 valence electrons. The van der Waals surface area contributed by atoms with Crippen LogP contribution < -0.4 is 22.1 Å². The van der Waals surface area contributed by atoms with E-state index in [2.05, 4.69) is 25.0 Å². The first-order valence-corrected chi connectivity index (χ1v) is 8.97. The van der Waals surface area contributed by atoms with Crippen molar-refractivity contribution in [3.8, 4) is 0 Å². The molecule has 3 heterocycles. The zero-order chi connectivity index (χ0) is 18.0. The molecule has 0 aliphatic rings. The van der Waals surface area contributed by atoms with Gasteiger partial charge in [-0.25, -0.2) is 9.97 Å². The van der Waals surface area contributed by atoms with E-state index in [0.29, 0.717) is 12.2 Å². The van der Waals surface area contributed by atoms with Gasteiger partial charge in [0.2, 0.25) is 5.91 Å². The van der Waals surface area contributed by atoms with Gasteiger partial charge in [-0.3, -0.25) is 9.59 Å². The number of nitrogens with two attached hydrogens (primary N) is 2. The summed E-state index contributed by atoms with van der Waals surface area (Å²) in [6, 6.07) is 1.31. The molecule has 0 spiro atoms. The Labute approximate surface area is 150 Å². The Bertz CT molecular complexity index is 936. The molecule has 0 aromatic carbocycles. The largest absolute Gasteiger partial charge is 0.368 e. The number of hydrogen-bond acceptors (Lipinski definition) is 9. The summed E-state index contributed by atoms with van der Waals surface area (Å²) >= 11 is 2.77. The van der Waals surface area contributed by atoms with E-state index in [1.54, 1.807) is 0 Å². The van der Waals surface area contributed by atoms with Gasteiger partial charge in [0.1, 0.15) is 16.9 Å². The highest BCUT2D eigenvalue weighted by Gasteiger charge is 2.18. The maximum atomic E-state index is 11.6. The molecule has 0 saturated carbocycles. The molecule has 2 amide bonds. The monoisotopic (exact) mass is 377 g/mol. The topological polar surface area (TPSA) is 149 Å². The fourth-order valence-electron chi connectivity index (χ4n) is 2.15. The van der Waals surface area contributed by atoms with Crippen LogP contribution in [0.3, 0.4) is 0 Å². The molecule has 3 aromatic rings. The molecule has 3 aromatic heterocycles. The average Bonchev–Trinajstić information content (AvgIpc) is 3.17. The first-order valence-electron chi connectivity index (χ1n) is 7.32. The van der Waals surface area contributed by atoms with Crippen molar-refractivity contribution in [3.63, 3.8) is 0 Å². The molecule has 3 rings (SSSR count). The Morgan fingerprint density at radius 3 is 2.84 bits per heavy atom. The van der Waals surface area contributed by atoms with Crippen molar-refractivity contribution in [1.29, 1.82) is 0 Å². The van der Waals surface area contributed by atoms with Gasteiger partial charge in [0.05, 0.1) is 16.4 Å². The summed E-state index contributed by atoms with van der Waals surface area (Å²) in [5.41, 5.74) is 11.6. The number of thiophene rings is 1. The van der Waals surface area contributed by atoms with Gasteiger partial charge in [0.15, 0.2) is 11.5 Å². The van der Waals surface area contributed by atoms with Crippen LogP contribution in [0.15, 0.2) is 17.6 Å². The number of rotatable bonds is 7. The van der Waals surface area contributed by atoms with Crippen LogP contribution in [-0.2, 0) is 4.79 Å². The third-order valence-electron chi connectivity index (χ3n) is 3.40. The van der Waals surface area contributed by atoms with E-state index in [4.69, 9.17) is 11.5 Å². The number of anilines is 3. The summed E-state index contributed by atoms with van der Waals surface area (Å²) in [5, 5.41) is 8.62. The lowest BCUT2D eigenvalue weighted by Crippen LogP contribution is -2.35. The molecule has 0 radical (unpaired) electrons. The van der Waals surface area contributed by atoms with Crippen molar-refractivity contribution in [2.24, 2.45) is 11.5 Å². The highest BCUT2D eigenvalue weighted by atomic mass is 32.1. The van der Waals surface area contributed by atoms with Crippen LogP contribution in [0.2, 0.25) is 0 Å². The highest BCUT2D eigenvalue weighted by Crippen LogP contribution is 2.34. The summed E-state index contributed by atoms with van der Waals surface area (Å²) in [6.45, 7) is 1.82. The average molecular weight is 377 g/mol. The Morgan fingerprint density at radius 2 is 2.16 bits per heavy atom. The van der Waals surface area contributed by atoms with Gasteiger partial charge in [-0.2, -0.15) is 4.37 Å². The fraction of sp³-hybridized carbons (Fsp3) is 0.214. The van der Waals surface area contributed by atoms with Crippen molar-refractivity contribution in [3.05, 3.63) is 23.3 Å². The first-order chi connectivity index (χ1) is 12.0. The molecule has 0 aliphatic heterocycles. The summed E-state index contributed by atoms with van der Waals surface area (Å²) in [4.78, 5) is 31.4. The first kappa shape index (κ1) is 17.0. The van der Waals surface area contributed by atoms with Gasteiger partial charge in [0, 0.05) is 0 Å². The summed E-state index contributed by atoms with van der Waals surface area (Å²) in [7, 11) is 0. The molecule has 25 heavy (non-hydrogen) atoms. The van der Waals surface area contributed by atoms with Crippen molar-refractivity contribution < 1.29 is 9.59 Å².